The van der Waals surface area contributed by atoms with E-state index in [4.69, 9.17) is 0 Å². The lowest BCUT2D eigenvalue weighted by molar-refractivity contribution is -0.114. The summed E-state index contributed by atoms with van der Waals surface area (Å²) < 4.78 is 0. The van der Waals surface area contributed by atoms with E-state index in [2.05, 4.69) is 19.2 Å². The Bertz CT molecular complexity index is 233. The molecule has 1 rings (SSSR count). The zero-order valence-corrected chi connectivity index (χ0v) is 10.0. The molecule has 1 N–H and O–H groups in total. The summed E-state index contributed by atoms with van der Waals surface area (Å²) in [5.74, 6) is 1.04. The Hall–Kier alpha value is -0.790. The minimum atomic E-state index is 0.277. The van der Waals surface area contributed by atoms with E-state index < -0.39 is 0 Å². The van der Waals surface area contributed by atoms with Crippen molar-refractivity contribution in [3.63, 3.8) is 0 Å². The summed E-state index contributed by atoms with van der Waals surface area (Å²) in [4.78, 5) is 11.0. The number of allylic oxidation sites excluding steroid dienone is 2. The van der Waals surface area contributed by atoms with Crippen LogP contribution in [0.25, 0.3) is 0 Å². The van der Waals surface area contributed by atoms with Crippen molar-refractivity contribution < 1.29 is 4.79 Å². The van der Waals surface area contributed by atoms with Crippen molar-refractivity contribution in [2.45, 2.75) is 52.4 Å². The lowest BCUT2D eigenvalue weighted by Gasteiger charge is -2.16. The lowest BCUT2D eigenvalue weighted by Crippen LogP contribution is -2.21. The molecule has 2 heteroatoms. The molecule has 0 bridgehead atoms. The third-order valence-electron chi connectivity index (χ3n) is 3.14. The lowest BCUT2D eigenvalue weighted by atomic mass is 9.99. The van der Waals surface area contributed by atoms with E-state index in [1.807, 2.05) is 0 Å². The number of unbranched alkanes of at least 4 members (excludes halogenated alkanes) is 1. The fraction of sp³-hybridized carbons (Fsp3) is 0.769. The Morgan fingerprint density at radius 3 is 2.73 bits per heavy atom. The molecule has 0 radical (unpaired) electrons. The maximum atomic E-state index is 11.0. The largest absolute Gasteiger partial charge is 0.388 e. The highest BCUT2D eigenvalue weighted by molar-refractivity contribution is 5.92. The molecule has 0 aromatic heterocycles. The van der Waals surface area contributed by atoms with Crippen LogP contribution in [0.2, 0.25) is 0 Å². The van der Waals surface area contributed by atoms with Gasteiger partial charge in [-0.25, -0.2) is 0 Å². The van der Waals surface area contributed by atoms with Crippen LogP contribution in [-0.4, -0.2) is 12.3 Å². The van der Waals surface area contributed by atoms with E-state index in [1.54, 1.807) is 6.08 Å². The molecular formula is C13H23NO. The van der Waals surface area contributed by atoms with Gasteiger partial charge in [0.2, 0.25) is 0 Å². The average molecular weight is 209 g/mol. The smallest absolute Gasteiger partial charge is 0.157 e. The first kappa shape index (κ1) is 12.3. The molecule has 0 saturated heterocycles. The molecule has 0 spiro atoms. The summed E-state index contributed by atoms with van der Waals surface area (Å²) in [5.41, 5.74) is 1.15. The van der Waals surface area contributed by atoms with Gasteiger partial charge in [-0.05, 0) is 18.8 Å². The Kier molecular flexibility index (Phi) is 5.44. The van der Waals surface area contributed by atoms with Gasteiger partial charge in [-0.15, -0.1) is 0 Å². The third kappa shape index (κ3) is 4.50. The van der Waals surface area contributed by atoms with E-state index in [0.29, 0.717) is 6.42 Å². The van der Waals surface area contributed by atoms with Crippen LogP contribution in [0.15, 0.2) is 11.8 Å². The fourth-order valence-electron chi connectivity index (χ4n) is 1.95. The van der Waals surface area contributed by atoms with Crippen molar-refractivity contribution >= 4 is 5.78 Å². The van der Waals surface area contributed by atoms with E-state index >= 15 is 0 Å². The predicted molar refractivity (Wildman–Crippen MR) is 63.6 cm³/mol. The Morgan fingerprint density at radius 2 is 2.20 bits per heavy atom. The Morgan fingerprint density at radius 1 is 1.40 bits per heavy atom. The van der Waals surface area contributed by atoms with Crippen LogP contribution in [0, 0.1) is 5.92 Å². The van der Waals surface area contributed by atoms with Crippen LogP contribution in [0.5, 0.6) is 0 Å². The van der Waals surface area contributed by atoms with Gasteiger partial charge in [-0.1, -0.05) is 33.1 Å². The second-order valence-electron chi connectivity index (χ2n) is 4.43. The normalized spacial score (nSPS) is 17.7. The van der Waals surface area contributed by atoms with Gasteiger partial charge < -0.3 is 5.32 Å². The second-order valence-corrected chi connectivity index (χ2v) is 4.43. The molecule has 0 aromatic carbocycles. The minimum Gasteiger partial charge on any atom is -0.388 e. The maximum absolute atomic E-state index is 11.0. The molecule has 2 nitrogen and oxygen atoms in total. The number of carbonyl (C=O) groups excluding carboxylic acids is 1. The monoisotopic (exact) mass is 209 g/mol. The number of nitrogens with one attached hydrogen (secondary N) is 1. The topological polar surface area (TPSA) is 29.1 Å². The molecule has 1 unspecified atom stereocenters. The van der Waals surface area contributed by atoms with Crippen molar-refractivity contribution in [2.24, 2.45) is 5.92 Å². The van der Waals surface area contributed by atoms with Crippen molar-refractivity contribution in [1.29, 1.82) is 0 Å². The first-order chi connectivity index (χ1) is 7.26. The number of carbonyl (C=O) groups is 1. The average Bonchev–Trinajstić information content (AvgIpc) is 2.65. The van der Waals surface area contributed by atoms with Crippen LogP contribution < -0.4 is 5.32 Å². The van der Waals surface area contributed by atoms with E-state index in [1.165, 1.54) is 25.7 Å². The van der Waals surface area contributed by atoms with Gasteiger partial charge in [0, 0.05) is 24.7 Å². The first-order valence-corrected chi connectivity index (χ1v) is 6.23. The zero-order valence-electron chi connectivity index (χ0n) is 10.0. The zero-order chi connectivity index (χ0) is 11.1. The Balaban J connectivity index is 2.21. The van der Waals surface area contributed by atoms with E-state index in [9.17, 15) is 4.79 Å². The van der Waals surface area contributed by atoms with Gasteiger partial charge in [-0.2, -0.15) is 0 Å². The molecule has 1 aliphatic rings. The van der Waals surface area contributed by atoms with Gasteiger partial charge in [0.1, 0.15) is 0 Å². The van der Waals surface area contributed by atoms with Crippen molar-refractivity contribution in [1.82, 2.24) is 5.32 Å². The van der Waals surface area contributed by atoms with Gasteiger partial charge in [0.25, 0.3) is 0 Å². The summed E-state index contributed by atoms with van der Waals surface area (Å²) in [7, 11) is 0. The molecule has 0 aromatic rings. The highest BCUT2D eigenvalue weighted by Gasteiger charge is 2.12. The summed E-state index contributed by atoms with van der Waals surface area (Å²) in [6.07, 6.45) is 8.52. The molecule has 15 heavy (non-hydrogen) atoms. The summed E-state index contributed by atoms with van der Waals surface area (Å²) in [6.45, 7) is 5.52. The standard InChI is InChI=1S/C13H23NO/c1-3-5-6-11(4-2)10-14-12-7-8-13(15)9-12/h9,11,14H,3-8,10H2,1-2H3. The van der Waals surface area contributed by atoms with Crippen molar-refractivity contribution in [3.05, 3.63) is 11.8 Å². The van der Waals surface area contributed by atoms with Gasteiger partial charge in [0.15, 0.2) is 5.78 Å². The summed E-state index contributed by atoms with van der Waals surface area (Å²) in [6, 6.07) is 0. The van der Waals surface area contributed by atoms with Crippen LogP contribution in [0.1, 0.15) is 52.4 Å². The van der Waals surface area contributed by atoms with E-state index in [0.717, 1.165) is 24.6 Å². The van der Waals surface area contributed by atoms with Gasteiger partial charge in [0.05, 0.1) is 0 Å². The third-order valence-corrected chi connectivity index (χ3v) is 3.14. The number of ketones is 1. The molecule has 0 saturated carbocycles. The maximum Gasteiger partial charge on any atom is 0.157 e. The molecule has 0 fully saturated rings. The quantitative estimate of drug-likeness (QED) is 0.698. The van der Waals surface area contributed by atoms with Crippen LogP contribution in [-0.2, 0) is 4.79 Å². The summed E-state index contributed by atoms with van der Waals surface area (Å²) >= 11 is 0. The van der Waals surface area contributed by atoms with Crippen LogP contribution in [0.4, 0.5) is 0 Å². The predicted octanol–water partition coefficient (Wildman–Crippen LogP) is 3.04. The van der Waals surface area contributed by atoms with Crippen LogP contribution in [0.3, 0.4) is 0 Å². The van der Waals surface area contributed by atoms with Crippen molar-refractivity contribution in [3.8, 4) is 0 Å². The van der Waals surface area contributed by atoms with Gasteiger partial charge in [-0.3, -0.25) is 4.79 Å². The highest BCUT2D eigenvalue weighted by atomic mass is 16.1. The molecule has 0 heterocycles. The van der Waals surface area contributed by atoms with Crippen LogP contribution >= 0.6 is 0 Å². The molecule has 0 amide bonds. The van der Waals surface area contributed by atoms with E-state index in [-0.39, 0.29) is 5.78 Å². The molecule has 1 atom stereocenters. The minimum absolute atomic E-state index is 0.277. The number of hydrogen-bond donors (Lipinski definition) is 1. The molecular weight excluding hydrogens is 186 g/mol. The van der Waals surface area contributed by atoms with Crippen molar-refractivity contribution in [2.75, 3.05) is 6.54 Å². The first-order valence-electron chi connectivity index (χ1n) is 6.23. The molecule has 86 valence electrons. The number of rotatable bonds is 7. The molecule has 1 aliphatic carbocycles. The second kappa shape index (κ2) is 6.65. The Labute approximate surface area is 93.1 Å². The fourth-order valence-corrected chi connectivity index (χ4v) is 1.95. The highest BCUT2D eigenvalue weighted by Crippen LogP contribution is 2.15. The SMILES string of the molecule is CCCCC(CC)CNC1=CC(=O)CC1. The molecule has 0 aliphatic heterocycles. The summed E-state index contributed by atoms with van der Waals surface area (Å²) in [5, 5.41) is 3.41. The number of hydrogen-bond acceptors (Lipinski definition) is 2. The van der Waals surface area contributed by atoms with Gasteiger partial charge >= 0.3 is 0 Å².